The predicted molar refractivity (Wildman–Crippen MR) is 89.7 cm³/mol. The summed E-state index contributed by atoms with van der Waals surface area (Å²) in [6, 6.07) is 7.40. The topological polar surface area (TPSA) is 106 Å². The van der Waals surface area contributed by atoms with Crippen molar-refractivity contribution in [3.05, 3.63) is 45.4 Å². The SMILES string of the molecule is CCOC(=O)c1cc(C#N)c(N)c(Oc2ccc(Cl)cc2Cl)c1O. The van der Waals surface area contributed by atoms with Gasteiger partial charge in [-0.15, -0.1) is 0 Å². The third-order valence-corrected chi connectivity index (χ3v) is 3.55. The molecule has 0 fully saturated rings. The summed E-state index contributed by atoms with van der Waals surface area (Å²) in [5.74, 6) is -1.47. The van der Waals surface area contributed by atoms with E-state index in [0.29, 0.717) is 5.02 Å². The van der Waals surface area contributed by atoms with E-state index in [2.05, 4.69) is 0 Å². The number of nitrogens with zero attached hydrogens (tertiary/aromatic N) is 1. The van der Waals surface area contributed by atoms with Crippen LogP contribution in [0, 0.1) is 11.3 Å². The average molecular weight is 367 g/mol. The number of nitriles is 1. The molecular weight excluding hydrogens is 355 g/mol. The lowest BCUT2D eigenvalue weighted by Gasteiger charge is -2.15. The van der Waals surface area contributed by atoms with Gasteiger partial charge < -0.3 is 20.3 Å². The molecule has 0 aromatic heterocycles. The molecular formula is C16H12Cl2N2O4. The average Bonchev–Trinajstić information content (AvgIpc) is 2.53. The Bertz CT molecular complexity index is 847. The Balaban J connectivity index is 2.58. The zero-order valence-electron chi connectivity index (χ0n) is 12.5. The number of nitrogen functional groups attached to an aromatic ring is 1. The quantitative estimate of drug-likeness (QED) is 0.622. The van der Waals surface area contributed by atoms with E-state index >= 15 is 0 Å². The minimum absolute atomic E-state index is 0.0454. The summed E-state index contributed by atoms with van der Waals surface area (Å²) >= 11 is 11.8. The Morgan fingerprint density at radius 3 is 2.67 bits per heavy atom. The maximum absolute atomic E-state index is 11.9. The lowest BCUT2D eigenvalue weighted by atomic mass is 10.1. The fourth-order valence-corrected chi connectivity index (χ4v) is 2.34. The molecule has 0 aliphatic carbocycles. The van der Waals surface area contributed by atoms with Crippen LogP contribution in [0.4, 0.5) is 5.69 Å². The van der Waals surface area contributed by atoms with Gasteiger partial charge >= 0.3 is 5.97 Å². The first kappa shape index (κ1) is 17.7. The molecule has 0 amide bonds. The Morgan fingerprint density at radius 2 is 2.08 bits per heavy atom. The lowest BCUT2D eigenvalue weighted by molar-refractivity contribution is 0.0522. The van der Waals surface area contributed by atoms with Crippen LogP contribution in [0.25, 0.3) is 0 Å². The first-order valence-electron chi connectivity index (χ1n) is 6.74. The molecule has 2 aromatic rings. The number of carbonyl (C=O) groups excluding carboxylic acids is 1. The minimum Gasteiger partial charge on any atom is -0.504 e. The van der Waals surface area contributed by atoms with Gasteiger partial charge in [0.05, 0.1) is 22.9 Å². The summed E-state index contributed by atoms with van der Waals surface area (Å²) in [6.07, 6.45) is 0. The molecule has 2 rings (SSSR count). The van der Waals surface area contributed by atoms with Crippen molar-refractivity contribution in [1.29, 1.82) is 5.26 Å². The molecule has 6 nitrogen and oxygen atoms in total. The van der Waals surface area contributed by atoms with E-state index in [1.165, 1.54) is 18.2 Å². The van der Waals surface area contributed by atoms with Gasteiger partial charge in [-0.05, 0) is 31.2 Å². The van der Waals surface area contributed by atoms with Crippen LogP contribution in [0.2, 0.25) is 10.0 Å². The second-order valence-electron chi connectivity index (χ2n) is 4.57. The number of carbonyl (C=O) groups is 1. The van der Waals surface area contributed by atoms with Crippen LogP contribution in [-0.2, 0) is 4.74 Å². The monoisotopic (exact) mass is 366 g/mol. The molecule has 24 heavy (non-hydrogen) atoms. The van der Waals surface area contributed by atoms with Gasteiger partial charge in [-0.25, -0.2) is 4.79 Å². The first-order chi connectivity index (χ1) is 11.4. The number of phenolic OH excluding ortho intramolecular Hbond substituents is 1. The fourth-order valence-electron chi connectivity index (χ4n) is 1.89. The normalized spacial score (nSPS) is 10.1. The number of phenols is 1. The number of hydrogen-bond acceptors (Lipinski definition) is 6. The van der Waals surface area contributed by atoms with Crippen LogP contribution in [-0.4, -0.2) is 17.7 Å². The molecule has 0 bridgehead atoms. The molecule has 8 heteroatoms. The van der Waals surface area contributed by atoms with E-state index in [1.807, 2.05) is 6.07 Å². The second-order valence-corrected chi connectivity index (χ2v) is 5.42. The maximum atomic E-state index is 11.9. The number of benzene rings is 2. The van der Waals surface area contributed by atoms with Gasteiger partial charge in [-0.1, -0.05) is 23.2 Å². The Morgan fingerprint density at radius 1 is 1.38 bits per heavy atom. The summed E-state index contributed by atoms with van der Waals surface area (Å²) < 4.78 is 10.4. The van der Waals surface area contributed by atoms with E-state index in [0.717, 1.165) is 6.07 Å². The molecule has 3 N–H and O–H groups in total. The highest BCUT2D eigenvalue weighted by Crippen LogP contribution is 2.43. The van der Waals surface area contributed by atoms with Gasteiger partial charge in [-0.3, -0.25) is 0 Å². The van der Waals surface area contributed by atoms with Crippen molar-refractivity contribution in [3.8, 4) is 23.3 Å². The Kier molecular flexibility index (Phi) is 5.39. The van der Waals surface area contributed by atoms with E-state index in [1.54, 1.807) is 6.92 Å². The molecule has 0 saturated heterocycles. The second kappa shape index (κ2) is 7.30. The van der Waals surface area contributed by atoms with Crippen LogP contribution >= 0.6 is 23.2 Å². The molecule has 0 saturated carbocycles. The van der Waals surface area contributed by atoms with Crippen LogP contribution < -0.4 is 10.5 Å². The van der Waals surface area contributed by atoms with Gasteiger partial charge in [-0.2, -0.15) is 5.26 Å². The first-order valence-corrected chi connectivity index (χ1v) is 7.50. The highest BCUT2D eigenvalue weighted by atomic mass is 35.5. The van der Waals surface area contributed by atoms with Crippen LogP contribution in [0.1, 0.15) is 22.8 Å². The number of halogens is 2. The van der Waals surface area contributed by atoms with E-state index in [9.17, 15) is 9.90 Å². The minimum atomic E-state index is -0.807. The largest absolute Gasteiger partial charge is 0.504 e. The summed E-state index contributed by atoms with van der Waals surface area (Å²) in [5.41, 5.74) is 5.43. The molecule has 0 radical (unpaired) electrons. The van der Waals surface area contributed by atoms with Crippen molar-refractivity contribution in [3.63, 3.8) is 0 Å². The number of ether oxygens (including phenoxy) is 2. The van der Waals surface area contributed by atoms with Gasteiger partial charge in [0.15, 0.2) is 11.5 Å². The number of hydrogen-bond donors (Lipinski definition) is 2. The molecule has 0 spiro atoms. The molecule has 0 aliphatic rings. The molecule has 0 unspecified atom stereocenters. The molecule has 2 aromatic carbocycles. The number of aromatic hydroxyl groups is 1. The number of anilines is 1. The van der Waals surface area contributed by atoms with Gasteiger partial charge in [0.2, 0.25) is 0 Å². The van der Waals surface area contributed by atoms with Crippen LogP contribution in [0.15, 0.2) is 24.3 Å². The van der Waals surface area contributed by atoms with Gasteiger partial charge in [0.1, 0.15) is 17.4 Å². The Labute approximate surface area is 147 Å². The van der Waals surface area contributed by atoms with Crippen molar-refractivity contribution in [1.82, 2.24) is 0 Å². The van der Waals surface area contributed by atoms with Crippen molar-refractivity contribution >= 4 is 34.9 Å². The van der Waals surface area contributed by atoms with Crippen molar-refractivity contribution in [2.45, 2.75) is 6.92 Å². The van der Waals surface area contributed by atoms with E-state index in [4.69, 9.17) is 43.7 Å². The van der Waals surface area contributed by atoms with Crippen LogP contribution in [0.5, 0.6) is 17.2 Å². The summed E-state index contributed by atoms with van der Waals surface area (Å²) in [4.78, 5) is 11.9. The summed E-state index contributed by atoms with van der Waals surface area (Å²) in [6.45, 7) is 1.71. The van der Waals surface area contributed by atoms with E-state index in [-0.39, 0.29) is 39.9 Å². The molecule has 0 heterocycles. The fraction of sp³-hybridized carbons (Fsp3) is 0.125. The van der Waals surface area contributed by atoms with Gasteiger partial charge in [0, 0.05) is 5.02 Å². The number of esters is 1. The zero-order chi connectivity index (χ0) is 17.9. The van der Waals surface area contributed by atoms with Crippen molar-refractivity contribution in [2.75, 3.05) is 12.3 Å². The van der Waals surface area contributed by atoms with E-state index < -0.39 is 11.7 Å². The van der Waals surface area contributed by atoms with Crippen molar-refractivity contribution in [2.24, 2.45) is 0 Å². The van der Waals surface area contributed by atoms with Gasteiger partial charge in [0.25, 0.3) is 0 Å². The predicted octanol–water partition coefficient (Wildman–Crippen LogP) is 4.12. The molecule has 0 atom stereocenters. The number of nitrogens with two attached hydrogens (primary N) is 1. The third kappa shape index (κ3) is 3.48. The maximum Gasteiger partial charge on any atom is 0.342 e. The summed E-state index contributed by atoms with van der Waals surface area (Å²) in [7, 11) is 0. The molecule has 0 aliphatic heterocycles. The highest BCUT2D eigenvalue weighted by Gasteiger charge is 2.23. The molecule has 124 valence electrons. The third-order valence-electron chi connectivity index (χ3n) is 3.02. The number of rotatable bonds is 4. The standard InChI is InChI=1S/C16H12Cl2N2O4/c1-2-23-16(22)10-5-8(7-19)13(20)15(14(10)21)24-12-4-3-9(17)6-11(12)18/h3-6,21H,2,20H2,1H3. The van der Waals surface area contributed by atoms with Crippen LogP contribution in [0.3, 0.4) is 0 Å². The smallest absolute Gasteiger partial charge is 0.342 e. The highest BCUT2D eigenvalue weighted by molar-refractivity contribution is 6.35. The Hall–Kier alpha value is -2.62. The van der Waals surface area contributed by atoms with Crippen molar-refractivity contribution < 1.29 is 19.4 Å². The zero-order valence-corrected chi connectivity index (χ0v) is 14.0. The lowest BCUT2D eigenvalue weighted by Crippen LogP contribution is -2.08. The summed E-state index contributed by atoms with van der Waals surface area (Å²) in [5, 5.41) is 20.0.